The molecule has 1 aromatic heterocycles. The molecule has 0 saturated carbocycles. The molecule has 0 spiro atoms. The van der Waals surface area contributed by atoms with Gasteiger partial charge in [0.25, 0.3) is 0 Å². The number of benzene rings is 2. The summed E-state index contributed by atoms with van der Waals surface area (Å²) in [6.45, 7) is 1.27. The summed E-state index contributed by atoms with van der Waals surface area (Å²) < 4.78 is 30.6. The molecule has 1 unspecified atom stereocenters. The number of aromatic hydroxyl groups is 1. The first-order chi connectivity index (χ1) is 13.8. The molecule has 1 amide bonds. The quantitative estimate of drug-likeness (QED) is 0.346. The van der Waals surface area contributed by atoms with Gasteiger partial charge in [0.15, 0.2) is 0 Å². The van der Waals surface area contributed by atoms with Gasteiger partial charge in [0, 0.05) is 12.4 Å². The summed E-state index contributed by atoms with van der Waals surface area (Å²) in [7, 11) is 0. The van der Waals surface area contributed by atoms with Crippen molar-refractivity contribution in [1.82, 2.24) is 9.55 Å². The van der Waals surface area contributed by atoms with Crippen LogP contribution in [-0.4, -0.2) is 42.9 Å². The monoisotopic (exact) mass is 459 g/mol. The Balaban J connectivity index is 0.000000166. The van der Waals surface area contributed by atoms with Crippen LogP contribution in [0.4, 0.5) is 5.69 Å². The number of carbonyl (C=O) groups excluding carboxylic acids is 1. The predicted octanol–water partition coefficient (Wildman–Crippen LogP) is 1.33. The predicted molar refractivity (Wildman–Crippen MR) is 108 cm³/mol. The number of hydrogen-bond donors (Lipinski definition) is 4. The second kappa shape index (κ2) is 8.69. The van der Waals surface area contributed by atoms with Crippen LogP contribution in [0.25, 0.3) is 0 Å². The number of amides is 1. The maximum Gasteiger partial charge on any atom is 0.0951 e. The summed E-state index contributed by atoms with van der Waals surface area (Å²) in [6, 6.07) is 12.8. The van der Waals surface area contributed by atoms with E-state index in [2.05, 4.69) is 39.1 Å². The van der Waals surface area contributed by atoms with Crippen LogP contribution < -0.4 is 9.67 Å². The van der Waals surface area contributed by atoms with Crippen molar-refractivity contribution in [3.05, 3.63) is 72.3 Å². The Morgan fingerprint density at radius 2 is 2.00 bits per heavy atom. The molecular formula is C20H22AsN3O5. The summed E-state index contributed by atoms with van der Waals surface area (Å²) in [5.41, 5.74) is 3.19. The van der Waals surface area contributed by atoms with E-state index in [1.54, 1.807) is 0 Å². The maximum absolute atomic E-state index is 11.0. The maximum atomic E-state index is 11.0. The molecule has 152 valence electrons. The van der Waals surface area contributed by atoms with E-state index < -0.39 is 24.3 Å². The van der Waals surface area contributed by atoms with Crippen molar-refractivity contribution in [2.24, 2.45) is 0 Å². The fraction of sp³-hybridized carbons (Fsp3) is 0.200. The van der Waals surface area contributed by atoms with Gasteiger partial charge in [-0.15, -0.1) is 0 Å². The number of aryl methyl sites for hydroxylation is 1. The Hall–Kier alpha value is -2.80. The van der Waals surface area contributed by atoms with E-state index in [1.165, 1.54) is 37.0 Å². The Labute approximate surface area is 170 Å². The van der Waals surface area contributed by atoms with Crippen molar-refractivity contribution in [3.63, 3.8) is 0 Å². The Morgan fingerprint density at radius 1 is 1.24 bits per heavy atom. The number of carbonyl (C=O) groups is 1. The van der Waals surface area contributed by atoms with E-state index in [9.17, 15) is 13.6 Å². The third kappa shape index (κ3) is 5.17. The zero-order chi connectivity index (χ0) is 21.0. The molecule has 1 aliphatic rings. The van der Waals surface area contributed by atoms with Crippen LogP contribution >= 0.6 is 0 Å². The molecule has 0 bridgehead atoms. The standard InChI is InChI=1S/C12H12N2.C8H10AsNO5/c1-2-4-11-10(3-1)5-6-12(11)14-8-7-13-9-14;1-5(11)10-6-2-3-8(12)7(4-6)9(13,14)15/h1-4,7-9,12H,5-6H2;2-4,12H,1H3,(H,10,11)(H2,13,14,15). The van der Waals surface area contributed by atoms with Crippen molar-refractivity contribution >= 4 is 30.1 Å². The van der Waals surface area contributed by atoms with Gasteiger partial charge in [0.2, 0.25) is 0 Å². The van der Waals surface area contributed by atoms with Crippen LogP contribution in [0, 0.1) is 0 Å². The number of phenols is 1. The molecule has 0 saturated heterocycles. The van der Waals surface area contributed by atoms with Crippen LogP contribution in [0.2, 0.25) is 0 Å². The van der Waals surface area contributed by atoms with Crippen LogP contribution in [-0.2, 0) is 15.0 Å². The third-order valence-electron chi connectivity index (χ3n) is 4.60. The number of aromatic nitrogens is 2. The second-order valence-corrected chi connectivity index (χ2v) is 9.99. The summed E-state index contributed by atoms with van der Waals surface area (Å²) in [4.78, 5) is 14.8. The molecule has 1 heterocycles. The zero-order valence-corrected chi connectivity index (χ0v) is 17.6. The first kappa shape index (κ1) is 20.9. The fourth-order valence-corrected chi connectivity index (χ4v) is 4.76. The molecule has 0 aliphatic heterocycles. The normalized spacial score (nSPS) is 15.2. The van der Waals surface area contributed by atoms with Crippen molar-refractivity contribution in [3.8, 4) is 5.75 Å². The number of nitrogens with one attached hydrogen (secondary N) is 1. The third-order valence-corrected chi connectivity index (χ3v) is 6.66. The summed E-state index contributed by atoms with van der Waals surface area (Å²) in [5, 5.41) is 11.6. The first-order valence-electron chi connectivity index (χ1n) is 8.97. The van der Waals surface area contributed by atoms with Crippen LogP contribution in [0.5, 0.6) is 5.75 Å². The van der Waals surface area contributed by atoms with E-state index in [-0.39, 0.29) is 11.6 Å². The van der Waals surface area contributed by atoms with Gasteiger partial charge in [-0.2, -0.15) is 0 Å². The molecule has 4 N–H and O–H groups in total. The van der Waals surface area contributed by atoms with E-state index in [4.69, 9.17) is 8.19 Å². The minimum atomic E-state index is -5.15. The molecule has 0 radical (unpaired) electrons. The van der Waals surface area contributed by atoms with Crippen molar-refractivity contribution < 1.29 is 21.8 Å². The fourth-order valence-electron chi connectivity index (χ4n) is 3.34. The van der Waals surface area contributed by atoms with Gasteiger partial charge in [-0.25, -0.2) is 4.98 Å². The van der Waals surface area contributed by atoms with Gasteiger partial charge in [-0.1, -0.05) is 24.3 Å². The van der Waals surface area contributed by atoms with Gasteiger partial charge in [0.1, 0.15) is 0 Å². The van der Waals surface area contributed by atoms with Gasteiger partial charge in [-0.3, -0.25) is 0 Å². The van der Waals surface area contributed by atoms with E-state index in [1.807, 2.05) is 18.7 Å². The van der Waals surface area contributed by atoms with Crippen LogP contribution in [0.3, 0.4) is 0 Å². The number of phenolic OH excluding ortho intramolecular Hbond substituents is 1. The number of rotatable bonds is 3. The van der Waals surface area contributed by atoms with E-state index in [0.29, 0.717) is 6.04 Å². The molecule has 0 fully saturated rings. The SMILES string of the molecule is CC(=O)Nc1ccc(O)c([As](=O)(O)O)c1.c1ccc2c(c1)CCC2n1ccnc1. The Morgan fingerprint density at radius 3 is 2.66 bits per heavy atom. The Kier molecular flexibility index (Phi) is 6.27. The number of anilines is 1. The van der Waals surface area contributed by atoms with Crippen molar-refractivity contribution in [1.29, 1.82) is 0 Å². The second-order valence-electron chi connectivity index (χ2n) is 6.69. The van der Waals surface area contributed by atoms with Crippen LogP contribution in [0.15, 0.2) is 61.2 Å². The average molecular weight is 459 g/mol. The minimum Gasteiger partial charge on any atom is -0.330 e. The topological polar surface area (TPSA) is 125 Å². The van der Waals surface area contributed by atoms with Gasteiger partial charge >= 0.3 is 88.1 Å². The molecule has 8 nitrogen and oxygen atoms in total. The van der Waals surface area contributed by atoms with Crippen molar-refractivity contribution in [2.45, 2.75) is 25.8 Å². The van der Waals surface area contributed by atoms with Gasteiger partial charge in [0.05, 0.1) is 12.4 Å². The number of nitrogens with zero attached hydrogens (tertiary/aromatic N) is 2. The molecule has 3 aromatic rings. The molecule has 1 aliphatic carbocycles. The molecular weight excluding hydrogens is 437 g/mol. The Bertz CT molecular complexity index is 1050. The molecule has 29 heavy (non-hydrogen) atoms. The smallest absolute Gasteiger partial charge is 0.0951 e. The van der Waals surface area contributed by atoms with Gasteiger partial charge in [-0.05, 0) is 24.0 Å². The largest absolute Gasteiger partial charge is 0.330 e. The molecule has 4 rings (SSSR count). The zero-order valence-electron chi connectivity index (χ0n) is 15.8. The number of hydrogen-bond acceptors (Lipinski definition) is 4. The van der Waals surface area contributed by atoms with Crippen molar-refractivity contribution in [2.75, 3.05) is 5.32 Å². The number of fused-ring (bicyclic) bond motifs is 1. The average Bonchev–Trinajstić information content (AvgIpc) is 3.31. The van der Waals surface area contributed by atoms with Gasteiger partial charge < -0.3 is 4.57 Å². The molecule has 1 atom stereocenters. The van der Waals surface area contributed by atoms with E-state index in [0.717, 1.165) is 12.1 Å². The summed E-state index contributed by atoms with van der Waals surface area (Å²) in [5.74, 6) is -0.832. The molecule has 9 heteroatoms. The van der Waals surface area contributed by atoms with Crippen LogP contribution in [0.1, 0.15) is 30.5 Å². The summed E-state index contributed by atoms with van der Waals surface area (Å²) in [6.07, 6.45) is 8.20. The molecule has 2 aromatic carbocycles. The summed E-state index contributed by atoms with van der Waals surface area (Å²) >= 11 is -5.15. The minimum absolute atomic E-state index is 0.236. The van der Waals surface area contributed by atoms with E-state index >= 15 is 0 Å². The number of imidazole rings is 1. The first-order valence-corrected chi connectivity index (χ1v) is 12.4.